The lowest BCUT2D eigenvalue weighted by Gasteiger charge is -1.98. The molecule has 0 aliphatic rings. The van der Waals surface area contributed by atoms with Crippen molar-refractivity contribution in [3.63, 3.8) is 0 Å². The monoisotopic (exact) mass is 220 g/mol. The summed E-state index contributed by atoms with van der Waals surface area (Å²) in [6, 6.07) is 2.10. The number of aryl methyl sites for hydroxylation is 1. The fourth-order valence-corrected chi connectivity index (χ4v) is 1.36. The molecule has 90 valence electrons. The third kappa shape index (κ3) is 3.69. The van der Waals surface area contributed by atoms with E-state index in [1.807, 2.05) is 44.7 Å². The Labute approximate surface area is 99.7 Å². The van der Waals surface area contributed by atoms with E-state index in [4.69, 9.17) is 0 Å². The molecule has 0 aromatic carbocycles. The number of rotatable bonds is 3. The lowest BCUT2D eigenvalue weighted by molar-refractivity contribution is 0.707. The quantitative estimate of drug-likeness (QED) is 0.699. The van der Waals surface area contributed by atoms with Gasteiger partial charge in [0.25, 0.3) is 0 Å². The Morgan fingerprint density at radius 2 is 2.00 bits per heavy atom. The summed E-state index contributed by atoms with van der Waals surface area (Å²) in [5.41, 5.74) is 3.22. The highest BCUT2D eigenvalue weighted by Crippen LogP contribution is 2.19. The zero-order valence-electron chi connectivity index (χ0n) is 11.4. The fourth-order valence-electron chi connectivity index (χ4n) is 1.36. The molecule has 0 unspecified atom stereocenters. The summed E-state index contributed by atoms with van der Waals surface area (Å²) in [7, 11) is 1.95. The molecule has 0 spiro atoms. The number of hydrogen-bond acceptors (Lipinski definition) is 1. The molecule has 0 amide bonds. The first kappa shape index (κ1) is 14.7. The Balaban J connectivity index is 0.00000106. The first-order chi connectivity index (χ1) is 7.56. The van der Waals surface area contributed by atoms with Crippen LogP contribution in [0.4, 0.5) is 0 Å². The number of aromatic nitrogens is 2. The van der Waals surface area contributed by atoms with Crippen molar-refractivity contribution in [2.75, 3.05) is 0 Å². The molecule has 0 atom stereocenters. The maximum Gasteiger partial charge on any atom is 0.0675 e. The van der Waals surface area contributed by atoms with Crippen LogP contribution in [0.2, 0.25) is 0 Å². The molecule has 1 heterocycles. The van der Waals surface area contributed by atoms with Crippen molar-refractivity contribution >= 4 is 5.57 Å². The molecule has 1 aromatic rings. The van der Waals surface area contributed by atoms with E-state index < -0.39 is 0 Å². The van der Waals surface area contributed by atoms with E-state index in [1.165, 1.54) is 0 Å². The van der Waals surface area contributed by atoms with Crippen molar-refractivity contribution < 1.29 is 0 Å². The van der Waals surface area contributed by atoms with Gasteiger partial charge in [-0.1, -0.05) is 46.4 Å². The van der Waals surface area contributed by atoms with Gasteiger partial charge in [-0.05, 0) is 24.5 Å². The molecular formula is C14H24N2. The van der Waals surface area contributed by atoms with Gasteiger partial charge in [0.2, 0.25) is 0 Å². The van der Waals surface area contributed by atoms with Crippen molar-refractivity contribution in [2.45, 2.75) is 40.5 Å². The molecule has 0 radical (unpaired) electrons. The Morgan fingerprint density at radius 3 is 2.38 bits per heavy atom. The molecule has 0 saturated heterocycles. The van der Waals surface area contributed by atoms with E-state index in [0.717, 1.165) is 17.0 Å². The fraction of sp³-hybridized carbons (Fsp3) is 0.500. The highest BCUT2D eigenvalue weighted by molar-refractivity contribution is 5.69. The summed E-state index contributed by atoms with van der Waals surface area (Å²) in [6.07, 6.45) is 3.99. The first-order valence-electron chi connectivity index (χ1n) is 5.92. The average molecular weight is 220 g/mol. The minimum atomic E-state index is 0.466. The number of allylic oxidation sites excluding steroid dienone is 3. The van der Waals surface area contributed by atoms with E-state index in [1.54, 1.807) is 0 Å². The summed E-state index contributed by atoms with van der Waals surface area (Å²) < 4.78 is 1.89. The van der Waals surface area contributed by atoms with Crippen molar-refractivity contribution in [3.8, 4) is 0 Å². The third-order valence-electron chi connectivity index (χ3n) is 2.19. The van der Waals surface area contributed by atoms with Crippen molar-refractivity contribution in [1.29, 1.82) is 0 Å². The van der Waals surface area contributed by atoms with E-state index in [2.05, 4.69) is 31.6 Å². The van der Waals surface area contributed by atoms with Crippen LogP contribution in [0, 0.1) is 0 Å². The SMILES string of the molecule is C=C(/C=C\C)c1cc(C(C)C)nn1C.CC. The maximum absolute atomic E-state index is 4.44. The molecule has 0 bridgehead atoms. The van der Waals surface area contributed by atoms with Gasteiger partial charge in [-0.25, -0.2) is 0 Å². The molecular weight excluding hydrogens is 196 g/mol. The second kappa shape index (κ2) is 7.04. The summed E-state index contributed by atoms with van der Waals surface area (Å²) in [5.74, 6) is 0.466. The van der Waals surface area contributed by atoms with E-state index in [-0.39, 0.29) is 0 Å². The van der Waals surface area contributed by atoms with Gasteiger partial charge in [0.1, 0.15) is 0 Å². The van der Waals surface area contributed by atoms with Gasteiger partial charge >= 0.3 is 0 Å². The average Bonchev–Trinajstić information content (AvgIpc) is 2.64. The van der Waals surface area contributed by atoms with Crippen molar-refractivity contribution in [1.82, 2.24) is 9.78 Å². The molecule has 2 nitrogen and oxygen atoms in total. The number of nitrogens with zero attached hydrogens (tertiary/aromatic N) is 2. The van der Waals surface area contributed by atoms with Crippen LogP contribution in [0.25, 0.3) is 5.57 Å². The van der Waals surface area contributed by atoms with E-state index >= 15 is 0 Å². The standard InChI is InChI=1S/C12H18N2.C2H6/c1-6-7-10(4)12-8-11(9(2)3)13-14(12)5;1-2/h6-9H,4H2,1-3,5H3;1-2H3/b7-6-;. The highest BCUT2D eigenvalue weighted by atomic mass is 15.3. The lowest BCUT2D eigenvalue weighted by atomic mass is 10.1. The Bertz CT molecular complexity index is 357. The van der Waals surface area contributed by atoms with E-state index in [0.29, 0.717) is 5.92 Å². The molecule has 0 aliphatic heterocycles. The van der Waals surface area contributed by atoms with Crippen LogP contribution in [-0.2, 0) is 7.05 Å². The summed E-state index contributed by atoms with van der Waals surface area (Å²) in [6.45, 7) is 14.3. The second-order valence-corrected chi connectivity index (χ2v) is 3.76. The van der Waals surface area contributed by atoms with Gasteiger partial charge in [0, 0.05) is 7.05 Å². The van der Waals surface area contributed by atoms with Crippen LogP contribution in [-0.4, -0.2) is 9.78 Å². The smallest absolute Gasteiger partial charge is 0.0675 e. The molecule has 16 heavy (non-hydrogen) atoms. The molecule has 0 N–H and O–H groups in total. The molecule has 0 saturated carbocycles. The minimum Gasteiger partial charge on any atom is -0.268 e. The molecule has 0 aliphatic carbocycles. The first-order valence-corrected chi connectivity index (χ1v) is 5.92. The van der Waals surface area contributed by atoms with Crippen LogP contribution < -0.4 is 0 Å². The Hall–Kier alpha value is -1.31. The van der Waals surface area contributed by atoms with Crippen LogP contribution in [0.5, 0.6) is 0 Å². The van der Waals surface area contributed by atoms with Gasteiger partial charge in [0.05, 0.1) is 11.4 Å². The summed E-state index contributed by atoms with van der Waals surface area (Å²) in [4.78, 5) is 0. The topological polar surface area (TPSA) is 17.8 Å². The van der Waals surface area contributed by atoms with Crippen LogP contribution >= 0.6 is 0 Å². The van der Waals surface area contributed by atoms with Gasteiger partial charge in [0.15, 0.2) is 0 Å². The highest BCUT2D eigenvalue weighted by Gasteiger charge is 2.08. The van der Waals surface area contributed by atoms with Crippen molar-refractivity contribution in [2.24, 2.45) is 7.05 Å². The Morgan fingerprint density at radius 1 is 1.44 bits per heavy atom. The largest absolute Gasteiger partial charge is 0.268 e. The predicted molar refractivity (Wildman–Crippen MR) is 72.5 cm³/mol. The minimum absolute atomic E-state index is 0.466. The predicted octanol–water partition coefficient (Wildman–Crippen LogP) is 4.16. The number of hydrogen-bond donors (Lipinski definition) is 0. The van der Waals surface area contributed by atoms with Crippen LogP contribution in [0.1, 0.15) is 51.9 Å². The molecule has 2 heteroatoms. The normalized spacial score (nSPS) is 10.4. The maximum atomic E-state index is 4.44. The Kier molecular flexibility index (Phi) is 6.47. The lowest BCUT2D eigenvalue weighted by Crippen LogP contribution is -1.96. The van der Waals surface area contributed by atoms with Crippen LogP contribution in [0.3, 0.4) is 0 Å². The van der Waals surface area contributed by atoms with Gasteiger partial charge in [-0.15, -0.1) is 0 Å². The zero-order valence-corrected chi connectivity index (χ0v) is 11.4. The summed E-state index contributed by atoms with van der Waals surface area (Å²) >= 11 is 0. The van der Waals surface area contributed by atoms with Gasteiger partial charge in [-0.2, -0.15) is 5.10 Å². The molecule has 1 aromatic heterocycles. The molecule has 1 rings (SSSR count). The van der Waals surface area contributed by atoms with Gasteiger partial charge in [-0.3, -0.25) is 4.68 Å². The third-order valence-corrected chi connectivity index (χ3v) is 2.19. The van der Waals surface area contributed by atoms with Crippen LogP contribution in [0.15, 0.2) is 24.8 Å². The van der Waals surface area contributed by atoms with Gasteiger partial charge < -0.3 is 0 Å². The second-order valence-electron chi connectivity index (χ2n) is 3.76. The van der Waals surface area contributed by atoms with E-state index in [9.17, 15) is 0 Å². The van der Waals surface area contributed by atoms with Crippen molar-refractivity contribution in [3.05, 3.63) is 36.2 Å². The molecule has 0 fully saturated rings. The zero-order chi connectivity index (χ0) is 12.7. The summed E-state index contributed by atoms with van der Waals surface area (Å²) in [5, 5.41) is 4.44.